The van der Waals surface area contributed by atoms with Gasteiger partial charge in [0.15, 0.2) is 0 Å². The highest BCUT2D eigenvalue weighted by Crippen LogP contribution is 2.45. The highest BCUT2D eigenvalue weighted by Gasteiger charge is 2.34. The Bertz CT molecular complexity index is 247. The second-order valence-corrected chi connectivity index (χ2v) is 5.74. The number of carbonyl (C=O) groups excluding carboxylic acids is 1. The topological polar surface area (TPSA) is 26.3 Å². The van der Waals surface area contributed by atoms with E-state index in [1.165, 1.54) is 44.9 Å². The molecule has 0 N–H and O–H groups in total. The average molecular weight is 238 g/mol. The number of ether oxygens (including phenoxy) is 1. The highest BCUT2D eigenvalue weighted by atomic mass is 16.5. The average Bonchev–Trinajstić information content (AvgIpc) is 2.36. The second kappa shape index (κ2) is 6.42. The number of fused-ring (bicyclic) bond motifs is 1. The monoisotopic (exact) mass is 238 g/mol. The van der Waals surface area contributed by atoms with Crippen molar-refractivity contribution in [2.24, 2.45) is 17.8 Å². The Morgan fingerprint density at radius 3 is 2.71 bits per heavy atom. The molecule has 0 saturated heterocycles. The van der Waals surface area contributed by atoms with Gasteiger partial charge in [-0.25, -0.2) is 0 Å². The van der Waals surface area contributed by atoms with Crippen LogP contribution in [0.4, 0.5) is 0 Å². The molecule has 0 spiro atoms. The van der Waals surface area contributed by atoms with Gasteiger partial charge in [-0.05, 0) is 37.5 Å². The zero-order valence-corrected chi connectivity index (χ0v) is 11.1. The molecular weight excluding hydrogens is 212 g/mol. The first-order chi connectivity index (χ1) is 8.31. The number of rotatable bonds is 4. The Kier molecular flexibility index (Phi) is 4.87. The van der Waals surface area contributed by atoms with Gasteiger partial charge in [-0.2, -0.15) is 0 Å². The first kappa shape index (κ1) is 12.9. The zero-order valence-electron chi connectivity index (χ0n) is 11.1. The molecular formula is C15H26O2. The van der Waals surface area contributed by atoms with Crippen molar-refractivity contribution in [3.63, 3.8) is 0 Å². The van der Waals surface area contributed by atoms with Gasteiger partial charge in [-0.1, -0.05) is 38.5 Å². The summed E-state index contributed by atoms with van der Waals surface area (Å²) in [5.41, 5.74) is 0. The SMILES string of the molecule is CCOC(=O)CC[C@H]1CCC[C@H]2CCCC[C@H]21. The molecule has 2 heteroatoms. The van der Waals surface area contributed by atoms with Gasteiger partial charge in [0.05, 0.1) is 6.61 Å². The molecule has 3 atom stereocenters. The molecule has 2 rings (SSSR count). The van der Waals surface area contributed by atoms with E-state index >= 15 is 0 Å². The van der Waals surface area contributed by atoms with Gasteiger partial charge < -0.3 is 4.74 Å². The largest absolute Gasteiger partial charge is 0.466 e. The second-order valence-electron chi connectivity index (χ2n) is 5.74. The molecule has 2 aliphatic rings. The van der Waals surface area contributed by atoms with Crippen LogP contribution in [0.3, 0.4) is 0 Å². The Morgan fingerprint density at radius 2 is 1.88 bits per heavy atom. The van der Waals surface area contributed by atoms with E-state index in [4.69, 9.17) is 4.74 Å². The maximum absolute atomic E-state index is 11.4. The fourth-order valence-corrected chi connectivity index (χ4v) is 3.97. The minimum absolute atomic E-state index is 0.00503. The molecule has 0 radical (unpaired) electrons. The summed E-state index contributed by atoms with van der Waals surface area (Å²) in [6.45, 7) is 2.41. The molecule has 2 aliphatic carbocycles. The van der Waals surface area contributed by atoms with E-state index < -0.39 is 0 Å². The molecule has 0 unspecified atom stereocenters. The number of esters is 1. The number of hydrogen-bond acceptors (Lipinski definition) is 2. The van der Waals surface area contributed by atoms with Crippen LogP contribution in [0.25, 0.3) is 0 Å². The van der Waals surface area contributed by atoms with Gasteiger partial charge in [0.25, 0.3) is 0 Å². The molecule has 0 aromatic rings. The van der Waals surface area contributed by atoms with Crippen molar-refractivity contribution in [3.8, 4) is 0 Å². The van der Waals surface area contributed by atoms with Crippen LogP contribution in [-0.2, 0) is 9.53 Å². The molecule has 2 fully saturated rings. The van der Waals surface area contributed by atoms with E-state index in [1.54, 1.807) is 0 Å². The van der Waals surface area contributed by atoms with Gasteiger partial charge in [0, 0.05) is 6.42 Å². The smallest absolute Gasteiger partial charge is 0.305 e. The molecule has 2 saturated carbocycles. The Hall–Kier alpha value is -0.530. The van der Waals surface area contributed by atoms with Crippen LogP contribution in [0, 0.1) is 17.8 Å². The Labute approximate surface area is 105 Å². The van der Waals surface area contributed by atoms with E-state index in [0.717, 1.165) is 24.2 Å². The van der Waals surface area contributed by atoms with Gasteiger partial charge in [-0.3, -0.25) is 4.79 Å². The maximum atomic E-state index is 11.4. The predicted molar refractivity (Wildman–Crippen MR) is 68.7 cm³/mol. The van der Waals surface area contributed by atoms with Crippen LogP contribution in [-0.4, -0.2) is 12.6 Å². The van der Waals surface area contributed by atoms with Gasteiger partial charge in [0.1, 0.15) is 0 Å². The maximum Gasteiger partial charge on any atom is 0.305 e. The van der Waals surface area contributed by atoms with E-state index in [0.29, 0.717) is 13.0 Å². The Morgan fingerprint density at radius 1 is 1.12 bits per heavy atom. The first-order valence-corrected chi connectivity index (χ1v) is 7.47. The van der Waals surface area contributed by atoms with Crippen molar-refractivity contribution < 1.29 is 9.53 Å². The fourth-order valence-electron chi connectivity index (χ4n) is 3.97. The summed E-state index contributed by atoms with van der Waals surface area (Å²) in [5.74, 6) is 2.71. The normalized spacial score (nSPS) is 32.9. The lowest BCUT2D eigenvalue weighted by atomic mass is 9.64. The molecule has 17 heavy (non-hydrogen) atoms. The minimum Gasteiger partial charge on any atom is -0.466 e. The number of carbonyl (C=O) groups is 1. The third-order valence-corrected chi connectivity index (χ3v) is 4.75. The van der Waals surface area contributed by atoms with E-state index in [9.17, 15) is 4.79 Å². The van der Waals surface area contributed by atoms with Crippen molar-refractivity contribution in [3.05, 3.63) is 0 Å². The summed E-state index contributed by atoms with van der Waals surface area (Å²) >= 11 is 0. The lowest BCUT2D eigenvalue weighted by Gasteiger charge is -2.41. The quantitative estimate of drug-likeness (QED) is 0.693. The van der Waals surface area contributed by atoms with Crippen LogP contribution >= 0.6 is 0 Å². The van der Waals surface area contributed by atoms with Crippen molar-refractivity contribution in [1.82, 2.24) is 0 Å². The number of hydrogen-bond donors (Lipinski definition) is 0. The standard InChI is InChI=1S/C15H26O2/c1-2-17-15(16)11-10-13-8-5-7-12-6-3-4-9-14(12)13/h12-14H,2-11H2,1H3/t12-,13-,14-/m1/s1. The third kappa shape index (κ3) is 3.46. The summed E-state index contributed by atoms with van der Waals surface area (Å²) < 4.78 is 5.03. The van der Waals surface area contributed by atoms with E-state index in [2.05, 4.69) is 0 Å². The summed E-state index contributed by atoms with van der Waals surface area (Å²) in [6.07, 6.45) is 11.6. The van der Waals surface area contributed by atoms with Crippen LogP contribution in [0.2, 0.25) is 0 Å². The van der Waals surface area contributed by atoms with Crippen LogP contribution in [0.1, 0.15) is 64.7 Å². The third-order valence-electron chi connectivity index (χ3n) is 4.75. The molecule has 2 nitrogen and oxygen atoms in total. The van der Waals surface area contributed by atoms with Crippen molar-refractivity contribution >= 4 is 5.97 Å². The van der Waals surface area contributed by atoms with Crippen molar-refractivity contribution in [2.45, 2.75) is 64.7 Å². The summed E-state index contributed by atoms with van der Waals surface area (Å²) in [6, 6.07) is 0. The zero-order chi connectivity index (χ0) is 12.1. The molecule has 0 aromatic heterocycles. The van der Waals surface area contributed by atoms with Crippen LogP contribution in [0.15, 0.2) is 0 Å². The highest BCUT2D eigenvalue weighted by molar-refractivity contribution is 5.69. The van der Waals surface area contributed by atoms with Gasteiger partial charge in [0.2, 0.25) is 0 Å². The lowest BCUT2D eigenvalue weighted by molar-refractivity contribution is -0.143. The molecule has 0 heterocycles. The molecule has 0 aliphatic heterocycles. The van der Waals surface area contributed by atoms with Crippen molar-refractivity contribution in [2.75, 3.05) is 6.61 Å². The van der Waals surface area contributed by atoms with Crippen LogP contribution in [0.5, 0.6) is 0 Å². The minimum atomic E-state index is 0.00503. The Balaban J connectivity index is 1.80. The lowest BCUT2D eigenvalue weighted by Crippen LogP contribution is -2.31. The molecule has 0 aromatic carbocycles. The van der Waals surface area contributed by atoms with E-state index in [1.807, 2.05) is 6.92 Å². The molecule has 98 valence electrons. The van der Waals surface area contributed by atoms with E-state index in [-0.39, 0.29) is 5.97 Å². The summed E-state index contributed by atoms with van der Waals surface area (Å²) in [7, 11) is 0. The van der Waals surface area contributed by atoms with Gasteiger partial charge >= 0.3 is 5.97 Å². The fraction of sp³-hybridized carbons (Fsp3) is 0.933. The predicted octanol–water partition coefficient (Wildman–Crippen LogP) is 3.94. The summed E-state index contributed by atoms with van der Waals surface area (Å²) in [5, 5.41) is 0. The van der Waals surface area contributed by atoms with Gasteiger partial charge in [-0.15, -0.1) is 0 Å². The first-order valence-electron chi connectivity index (χ1n) is 7.47. The van der Waals surface area contributed by atoms with Crippen LogP contribution < -0.4 is 0 Å². The van der Waals surface area contributed by atoms with Crippen molar-refractivity contribution in [1.29, 1.82) is 0 Å². The molecule has 0 amide bonds. The molecule has 0 bridgehead atoms. The summed E-state index contributed by atoms with van der Waals surface area (Å²) in [4.78, 5) is 11.4.